The molecule has 0 bridgehead atoms. The number of hydrogen-bond donors (Lipinski definition) is 2. The molecule has 7 heteroatoms. The van der Waals surface area contributed by atoms with E-state index in [9.17, 15) is 13.2 Å². The van der Waals surface area contributed by atoms with Gasteiger partial charge in [0.1, 0.15) is 0 Å². The predicted octanol–water partition coefficient (Wildman–Crippen LogP) is 3.02. The standard InChI is InChI=1S/C22H29N3O3S/c1-22(2,3)24-29(27,28)20-11-9-18(10-12-20)21(26)23-15-17-13-14-25(16-17)19-7-5-4-6-8-19/h4-12,17,24H,13-16H2,1-3H3,(H,23,26). The van der Waals surface area contributed by atoms with Gasteiger partial charge in [-0.05, 0) is 69.5 Å². The Morgan fingerprint density at radius 1 is 1.07 bits per heavy atom. The Hall–Kier alpha value is -2.38. The highest BCUT2D eigenvalue weighted by Crippen LogP contribution is 2.23. The molecule has 29 heavy (non-hydrogen) atoms. The van der Waals surface area contributed by atoms with Crippen LogP contribution in [0.25, 0.3) is 0 Å². The molecular weight excluding hydrogens is 386 g/mol. The molecule has 1 fully saturated rings. The smallest absolute Gasteiger partial charge is 0.251 e. The molecule has 0 aliphatic carbocycles. The van der Waals surface area contributed by atoms with Crippen LogP contribution in [-0.2, 0) is 10.0 Å². The molecule has 0 spiro atoms. The van der Waals surface area contributed by atoms with Gasteiger partial charge < -0.3 is 10.2 Å². The second-order valence-electron chi connectivity index (χ2n) is 8.53. The second kappa shape index (κ2) is 8.55. The predicted molar refractivity (Wildman–Crippen MR) is 116 cm³/mol. The quantitative estimate of drug-likeness (QED) is 0.760. The monoisotopic (exact) mass is 415 g/mol. The first kappa shape index (κ1) is 21.3. The van der Waals surface area contributed by atoms with Gasteiger partial charge in [0, 0.05) is 36.4 Å². The van der Waals surface area contributed by atoms with E-state index in [1.807, 2.05) is 18.2 Å². The van der Waals surface area contributed by atoms with Crippen LogP contribution in [0.15, 0.2) is 59.5 Å². The average molecular weight is 416 g/mol. The van der Waals surface area contributed by atoms with Crippen molar-refractivity contribution in [2.24, 2.45) is 5.92 Å². The molecule has 0 saturated carbocycles. The molecule has 2 N–H and O–H groups in total. The van der Waals surface area contributed by atoms with Crippen molar-refractivity contribution in [3.63, 3.8) is 0 Å². The number of carbonyl (C=O) groups is 1. The SMILES string of the molecule is CC(C)(C)NS(=O)(=O)c1ccc(C(=O)NCC2CCN(c3ccccc3)C2)cc1. The van der Waals surface area contributed by atoms with Crippen molar-refractivity contribution in [2.45, 2.75) is 37.6 Å². The van der Waals surface area contributed by atoms with Gasteiger partial charge in [-0.25, -0.2) is 13.1 Å². The minimum Gasteiger partial charge on any atom is -0.371 e. The maximum Gasteiger partial charge on any atom is 0.251 e. The minimum absolute atomic E-state index is 0.151. The normalized spacial score (nSPS) is 17.3. The Balaban J connectivity index is 1.54. The van der Waals surface area contributed by atoms with Crippen molar-refractivity contribution < 1.29 is 13.2 Å². The van der Waals surface area contributed by atoms with E-state index >= 15 is 0 Å². The molecule has 1 heterocycles. The molecule has 3 rings (SSSR count). The van der Waals surface area contributed by atoms with E-state index < -0.39 is 15.6 Å². The summed E-state index contributed by atoms with van der Waals surface area (Å²) in [6.45, 7) is 7.86. The van der Waals surface area contributed by atoms with Gasteiger partial charge in [0.05, 0.1) is 4.90 Å². The summed E-state index contributed by atoms with van der Waals surface area (Å²) in [7, 11) is -3.61. The first-order chi connectivity index (χ1) is 13.6. The second-order valence-corrected chi connectivity index (χ2v) is 10.2. The Kier molecular flexibility index (Phi) is 6.29. The van der Waals surface area contributed by atoms with Crippen molar-refractivity contribution in [1.29, 1.82) is 0 Å². The Labute approximate surface area is 173 Å². The summed E-state index contributed by atoms with van der Waals surface area (Å²) in [5, 5.41) is 2.98. The number of para-hydroxylation sites is 1. The maximum atomic E-state index is 12.5. The first-order valence-electron chi connectivity index (χ1n) is 9.86. The van der Waals surface area contributed by atoms with Gasteiger partial charge in [0.2, 0.25) is 10.0 Å². The van der Waals surface area contributed by atoms with Crippen molar-refractivity contribution in [1.82, 2.24) is 10.0 Å². The van der Waals surface area contributed by atoms with Gasteiger partial charge >= 0.3 is 0 Å². The first-order valence-corrected chi connectivity index (χ1v) is 11.3. The van der Waals surface area contributed by atoms with E-state index in [1.165, 1.54) is 17.8 Å². The molecule has 6 nitrogen and oxygen atoms in total. The van der Waals surface area contributed by atoms with Crippen molar-refractivity contribution in [3.05, 3.63) is 60.2 Å². The molecule has 1 unspecified atom stereocenters. The topological polar surface area (TPSA) is 78.5 Å². The summed E-state index contributed by atoms with van der Waals surface area (Å²) in [5.74, 6) is 0.214. The van der Waals surface area contributed by atoms with Gasteiger partial charge in [-0.2, -0.15) is 0 Å². The highest BCUT2D eigenvalue weighted by molar-refractivity contribution is 7.89. The van der Waals surface area contributed by atoms with Gasteiger partial charge in [-0.3, -0.25) is 4.79 Å². The lowest BCUT2D eigenvalue weighted by Gasteiger charge is -2.20. The van der Waals surface area contributed by atoms with E-state index in [2.05, 4.69) is 27.1 Å². The van der Waals surface area contributed by atoms with Crippen molar-refractivity contribution in [3.8, 4) is 0 Å². The number of carbonyl (C=O) groups excluding carboxylic acids is 1. The molecular formula is C22H29N3O3S. The molecule has 1 atom stereocenters. The number of hydrogen-bond acceptors (Lipinski definition) is 4. The number of rotatable bonds is 6. The summed E-state index contributed by atoms with van der Waals surface area (Å²) in [5.41, 5.74) is 1.10. The van der Waals surface area contributed by atoms with Gasteiger partial charge in [0.15, 0.2) is 0 Å². The number of anilines is 1. The fraction of sp³-hybridized carbons (Fsp3) is 0.409. The van der Waals surface area contributed by atoms with E-state index in [-0.39, 0.29) is 10.8 Å². The molecule has 1 saturated heterocycles. The number of sulfonamides is 1. The number of nitrogens with one attached hydrogen (secondary N) is 2. The van der Waals surface area contributed by atoms with Crippen LogP contribution in [0, 0.1) is 5.92 Å². The van der Waals surface area contributed by atoms with E-state index in [0.717, 1.165) is 19.5 Å². The van der Waals surface area contributed by atoms with E-state index in [1.54, 1.807) is 32.9 Å². The largest absolute Gasteiger partial charge is 0.371 e. The van der Waals surface area contributed by atoms with Crippen LogP contribution < -0.4 is 14.9 Å². The number of nitrogens with zero attached hydrogens (tertiary/aromatic N) is 1. The fourth-order valence-corrected chi connectivity index (χ4v) is 4.88. The zero-order valence-corrected chi connectivity index (χ0v) is 18.0. The zero-order valence-electron chi connectivity index (χ0n) is 17.2. The van der Waals surface area contributed by atoms with Gasteiger partial charge in [0.25, 0.3) is 5.91 Å². The minimum atomic E-state index is -3.61. The molecule has 156 valence electrons. The molecule has 1 aliphatic heterocycles. The fourth-order valence-electron chi connectivity index (χ4n) is 3.46. The average Bonchev–Trinajstić information content (AvgIpc) is 3.14. The van der Waals surface area contributed by atoms with Crippen LogP contribution in [0.1, 0.15) is 37.6 Å². The van der Waals surface area contributed by atoms with Crippen LogP contribution in [-0.4, -0.2) is 39.5 Å². The number of amides is 1. The Morgan fingerprint density at radius 3 is 2.34 bits per heavy atom. The van der Waals surface area contributed by atoms with Gasteiger partial charge in [-0.15, -0.1) is 0 Å². The van der Waals surface area contributed by atoms with Crippen LogP contribution >= 0.6 is 0 Å². The van der Waals surface area contributed by atoms with E-state index in [0.29, 0.717) is 18.0 Å². The summed E-state index contributed by atoms with van der Waals surface area (Å²) >= 11 is 0. The third kappa shape index (κ3) is 5.81. The lowest BCUT2D eigenvalue weighted by atomic mass is 10.1. The highest BCUT2D eigenvalue weighted by atomic mass is 32.2. The Morgan fingerprint density at radius 2 is 1.72 bits per heavy atom. The molecule has 2 aromatic carbocycles. The summed E-state index contributed by atoms with van der Waals surface area (Å²) in [6.07, 6.45) is 1.03. The molecule has 0 aromatic heterocycles. The zero-order chi connectivity index (χ0) is 21.1. The lowest BCUT2D eigenvalue weighted by molar-refractivity contribution is 0.0948. The molecule has 1 amide bonds. The molecule has 2 aromatic rings. The van der Waals surface area contributed by atoms with Crippen LogP contribution in [0.4, 0.5) is 5.69 Å². The summed E-state index contributed by atoms with van der Waals surface area (Å²) < 4.78 is 27.3. The van der Waals surface area contributed by atoms with Crippen molar-refractivity contribution >= 4 is 21.6 Å². The van der Waals surface area contributed by atoms with Gasteiger partial charge in [-0.1, -0.05) is 18.2 Å². The number of benzene rings is 2. The molecule has 1 aliphatic rings. The summed E-state index contributed by atoms with van der Waals surface area (Å²) in [6, 6.07) is 16.3. The van der Waals surface area contributed by atoms with Crippen LogP contribution in [0.3, 0.4) is 0 Å². The summed E-state index contributed by atoms with van der Waals surface area (Å²) in [4.78, 5) is 14.9. The third-order valence-corrected chi connectivity index (χ3v) is 6.60. The molecule has 0 radical (unpaired) electrons. The Bertz CT molecular complexity index is 936. The van der Waals surface area contributed by atoms with Crippen LogP contribution in [0.2, 0.25) is 0 Å². The third-order valence-electron chi connectivity index (χ3n) is 4.83. The van der Waals surface area contributed by atoms with Crippen molar-refractivity contribution in [2.75, 3.05) is 24.5 Å². The lowest BCUT2D eigenvalue weighted by Crippen LogP contribution is -2.40. The highest BCUT2D eigenvalue weighted by Gasteiger charge is 2.24. The van der Waals surface area contributed by atoms with Crippen LogP contribution in [0.5, 0.6) is 0 Å². The van der Waals surface area contributed by atoms with E-state index in [4.69, 9.17) is 0 Å². The maximum absolute atomic E-state index is 12.5.